The summed E-state index contributed by atoms with van der Waals surface area (Å²) in [6.07, 6.45) is 4.37. The van der Waals surface area contributed by atoms with Gasteiger partial charge in [-0.05, 0) is 67.6 Å². The predicted molar refractivity (Wildman–Crippen MR) is 150 cm³/mol. The molecule has 1 unspecified atom stereocenters. The molecule has 0 bridgehead atoms. The van der Waals surface area contributed by atoms with Crippen LogP contribution in [0.1, 0.15) is 61.9 Å². The maximum absolute atomic E-state index is 13.8. The van der Waals surface area contributed by atoms with Gasteiger partial charge in [0, 0.05) is 25.8 Å². The smallest absolute Gasteiger partial charge is 0.251 e. The van der Waals surface area contributed by atoms with Gasteiger partial charge in [0.2, 0.25) is 5.91 Å². The van der Waals surface area contributed by atoms with Gasteiger partial charge >= 0.3 is 0 Å². The molecule has 38 heavy (non-hydrogen) atoms. The molecule has 210 valence electrons. The minimum atomic E-state index is -0.715. The summed E-state index contributed by atoms with van der Waals surface area (Å²) < 4.78 is 10.9. The van der Waals surface area contributed by atoms with E-state index in [9.17, 15) is 14.4 Å². The number of fused-ring (bicyclic) bond motifs is 1. The van der Waals surface area contributed by atoms with Crippen LogP contribution in [0.25, 0.3) is 0 Å². The normalized spacial score (nSPS) is 25.4. The summed E-state index contributed by atoms with van der Waals surface area (Å²) in [4.78, 5) is 43.8. The third kappa shape index (κ3) is 6.79. The zero-order chi connectivity index (χ0) is 27.4. The van der Waals surface area contributed by atoms with Crippen molar-refractivity contribution >= 4 is 29.4 Å². The van der Waals surface area contributed by atoms with E-state index in [1.54, 1.807) is 23.8 Å². The molecule has 3 saturated heterocycles. The van der Waals surface area contributed by atoms with Crippen molar-refractivity contribution in [2.75, 3.05) is 52.8 Å². The van der Waals surface area contributed by atoms with Gasteiger partial charge < -0.3 is 24.6 Å². The highest BCUT2D eigenvalue weighted by Gasteiger charge is 2.53. The van der Waals surface area contributed by atoms with Crippen LogP contribution in [0.15, 0.2) is 24.3 Å². The Balaban J connectivity index is 1.42. The fourth-order valence-corrected chi connectivity index (χ4v) is 6.72. The standard InChI is InChI=1S/C29H43N3O5S/c1-29(2,3)16-22(28(35)32-17-24(38-5)26-25(32)23(33)18-37-26)30-27(34)21-8-6-19(7-9-21)20-10-12-31(13-11-20)14-15-36-4/h6-9,20,22,24-26H,10-18H2,1-5H3,(H,30,34)/t22?,24-,25+,26+/m0/s1. The SMILES string of the molecule is COCCN1CCC(c2ccc(C(=O)NC(CC(C)(C)C)C(=O)N3C[C@H](SC)[C@H]4OCC(=O)[C@H]43)cc2)CC1. The van der Waals surface area contributed by atoms with Crippen molar-refractivity contribution < 1.29 is 23.9 Å². The van der Waals surface area contributed by atoms with E-state index in [1.165, 1.54) is 5.56 Å². The van der Waals surface area contributed by atoms with Crippen molar-refractivity contribution in [3.63, 3.8) is 0 Å². The highest BCUT2D eigenvalue weighted by Crippen LogP contribution is 2.35. The number of ether oxygens (including phenoxy) is 2. The average molecular weight is 546 g/mol. The first kappa shape index (κ1) is 29.1. The Morgan fingerprint density at radius 1 is 1.18 bits per heavy atom. The molecule has 0 aromatic heterocycles. The maximum atomic E-state index is 13.8. The Kier molecular flexibility index (Phi) is 9.55. The fourth-order valence-electron chi connectivity index (χ4n) is 5.92. The summed E-state index contributed by atoms with van der Waals surface area (Å²) in [7, 11) is 1.74. The second-order valence-electron chi connectivity index (χ2n) is 12.0. The zero-order valence-corrected chi connectivity index (χ0v) is 24.2. The van der Waals surface area contributed by atoms with Gasteiger partial charge in [0.05, 0.1) is 18.0 Å². The summed E-state index contributed by atoms with van der Waals surface area (Å²) in [6, 6.07) is 6.56. The lowest BCUT2D eigenvalue weighted by atomic mass is 9.87. The lowest BCUT2D eigenvalue weighted by Gasteiger charge is -2.32. The Hall–Kier alpha value is -1.94. The summed E-state index contributed by atoms with van der Waals surface area (Å²) in [5.41, 5.74) is 1.60. The van der Waals surface area contributed by atoms with Crippen LogP contribution in [0.5, 0.6) is 0 Å². The first-order chi connectivity index (χ1) is 18.1. The van der Waals surface area contributed by atoms with Crippen molar-refractivity contribution in [3.8, 4) is 0 Å². The number of nitrogens with zero attached hydrogens (tertiary/aromatic N) is 2. The number of thioether (sulfide) groups is 1. The molecule has 0 aliphatic carbocycles. The molecule has 1 aromatic rings. The van der Waals surface area contributed by atoms with Crippen LogP contribution < -0.4 is 5.32 Å². The topological polar surface area (TPSA) is 88.2 Å². The lowest BCUT2D eigenvalue weighted by molar-refractivity contribution is -0.138. The zero-order valence-electron chi connectivity index (χ0n) is 23.4. The Morgan fingerprint density at radius 2 is 1.87 bits per heavy atom. The van der Waals surface area contributed by atoms with E-state index in [0.29, 0.717) is 24.4 Å². The van der Waals surface area contributed by atoms with Crippen molar-refractivity contribution in [3.05, 3.63) is 35.4 Å². The molecule has 3 heterocycles. The quantitative estimate of drug-likeness (QED) is 0.511. The lowest BCUT2D eigenvalue weighted by Crippen LogP contribution is -2.53. The number of carbonyl (C=O) groups excluding carboxylic acids is 3. The van der Waals surface area contributed by atoms with E-state index >= 15 is 0 Å². The van der Waals surface area contributed by atoms with Gasteiger partial charge in [0.1, 0.15) is 18.7 Å². The first-order valence-electron chi connectivity index (χ1n) is 13.7. The molecule has 0 saturated carbocycles. The molecular weight excluding hydrogens is 502 g/mol. The third-order valence-corrected chi connectivity index (χ3v) is 9.01. The Labute approximate surface area is 231 Å². The number of amides is 2. The highest BCUT2D eigenvalue weighted by atomic mass is 32.2. The van der Waals surface area contributed by atoms with E-state index in [0.717, 1.165) is 39.1 Å². The largest absolute Gasteiger partial charge is 0.383 e. The van der Waals surface area contributed by atoms with Gasteiger partial charge in [0.25, 0.3) is 5.91 Å². The molecule has 0 spiro atoms. The van der Waals surface area contributed by atoms with Crippen LogP contribution in [0.2, 0.25) is 0 Å². The number of nitrogens with one attached hydrogen (secondary N) is 1. The minimum Gasteiger partial charge on any atom is -0.383 e. The fraction of sp³-hybridized carbons (Fsp3) is 0.690. The summed E-state index contributed by atoms with van der Waals surface area (Å²) in [5.74, 6) is -0.0316. The molecule has 1 N–H and O–H groups in total. The molecule has 3 aliphatic rings. The number of Topliss-reactive ketones (excluding diaryl/α,β-unsaturated/α-hetero) is 1. The third-order valence-electron chi connectivity index (χ3n) is 7.99. The number of methoxy groups -OCH3 is 1. The molecule has 4 atom stereocenters. The van der Waals surface area contributed by atoms with E-state index in [2.05, 4.69) is 31.0 Å². The molecule has 8 nitrogen and oxygen atoms in total. The molecule has 2 amide bonds. The highest BCUT2D eigenvalue weighted by molar-refractivity contribution is 7.99. The predicted octanol–water partition coefficient (Wildman–Crippen LogP) is 2.96. The van der Waals surface area contributed by atoms with E-state index in [4.69, 9.17) is 9.47 Å². The van der Waals surface area contributed by atoms with Gasteiger partial charge in [-0.3, -0.25) is 14.4 Å². The number of likely N-dealkylation sites (tertiary alicyclic amines) is 2. The van der Waals surface area contributed by atoms with Crippen LogP contribution in [0.4, 0.5) is 0 Å². The molecule has 1 aromatic carbocycles. The Bertz CT molecular complexity index is 987. The summed E-state index contributed by atoms with van der Waals surface area (Å²) >= 11 is 1.62. The molecule has 4 rings (SSSR count). The van der Waals surface area contributed by atoms with Crippen molar-refractivity contribution in [1.29, 1.82) is 0 Å². The maximum Gasteiger partial charge on any atom is 0.251 e. The second-order valence-corrected chi connectivity index (χ2v) is 13.0. The van der Waals surface area contributed by atoms with Crippen LogP contribution in [-0.2, 0) is 19.1 Å². The number of rotatable bonds is 9. The van der Waals surface area contributed by atoms with Crippen LogP contribution in [0.3, 0.4) is 0 Å². The van der Waals surface area contributed by atoms with Gasteiger partial charge in [-0.1, -0.05) is 32.9 Å². The average Bonchev–Trinajstić information content (AvgIpc) is 3.46. The van der Waals surface area contributed by atoms with Crippen molar-refractivity contribution in [1.82, 2.24) is 15.1 Å². The van der Waals surface area contributed by atoms with Crippen LogP contribution in [-0.4, -0.2) is 104 Å². The van der Waals surface area contributed by atoms with E-state index in [1.807, 2.05) is 30.5 Å². The molecule has 3 aliphatic heterocycles. The monoisotopic (exact) mass is 545 g/mol. The summed E-state index contributed by atoms with van der Waals surface area (Å²) in [6.45, 7) is 10.5. The van der Waals surface area contributed by atoms with Crippen molar-refractivity contribution in [2.24, 2.45) is 5.41 Å². The van der Waals surface area contributed by atoms with Crippen molar-refractivity contribution in [2.45, 2.75) is 69.4 Å². The number of hydrogen-bond acceptors (Lipinski definition) is 7. The molecular formula is C29H43N3O5S. The Morgan fingerprint density at radius 3 is 2.47 bits per heavy atom. The first-order valence-corrected chi connectivity index (χ1v) is 15.0. The molecule has 3 fully saturated rings. The van der Waals surface area contributed by atoms with Gasteiger partial charge in [-0.25, -0.2) is 0 Å². The van der Waals surface area contributed by atoms with Crippen LogP contribution in [0, 0.1) is 5.41 Å². The van der Waals surface area contributed by atoms with Crippen LogP contribution >= 0.6 is 11.8 Å². The number of hydrogen-bond donors (Lipinski definition) is 1. The van der Waals surface area contributed by atoms with E-state index in [-0.39, 0.29) is 41.0 Å². The van der Waals surface area contributed by atoms with Gasteiger partial charge in [0.15, 0.2) is 5.78 Å². The second kappa shape index (κ2) is 12.5. The van der Waals surface area contributed by atoms with E-state index < -0.39 is 12.1 Å². The number of benzene rings is 1. The number of ketones is 1. The van der Waals surface area contributed by atoms with Gasteiger partial charge in [-0.2, -0.15) is 11.8 Å². The summed E-state index contributed by atoms with van der Waals surface area (Å²) in [5, 5.41) is 3.07. The van der Waals surface area contributed by atoms with Gasteiger partial charge in [-0.15, -0.1) is 0 Å². The number of piperidine rings is 1. The molecule has 0 radical (unpaired) electrons. The number of carbonyl (C=O) groups is 3. The molecule has 9 heteroatoms. The minimum absolute atomic E-state index is 0.0466.